The van der Waals surface area contributed by atoms with Gasteiger partial charge in [0, 0.05) is 7.11 Å². The Morgan fingerprint density at radius 3 is 2.60 bits per heavy atom. The molecule has 3 unspecified atom stereocenters. The first kappa shape index (κ1) is 13.0. The zero-order valence-electron chi connectivity index (χ0n) is 10.6. The summed E-state index contributed by atoms with van der Waals surface area (Å²) in [7, 11) is 1.76. The molecule has 0 amide bonds. The predicted octanol–water partition coefficient (Wildman–Crippen LogP) is 2.99. The fourth-order valence-electron chi connectivity index (χ4n) is 2.43. The van der Waals surface area contributed by atoms with Crippen LogP contribution in [0.15, 0.2) is 0 Å². The molecule has 90 valence electrons. The zero-order chi connectivity index (χ0) is 11.5. The number of aliphatic hydroxyl groups is 1. The van der Waals surface area contributed by atoms with Crippen molar-refractivity contribution in [2.45, 2.75) is 64.6 Å². The van der Waals surface area contributed by atoms with Gasteiger partial charge in [0.25, 0.3) is 0 Å². The molecule has 1 aliphatic carbocycles. The highest BCUT2D eigenvalue weighted by Gasteiger charge is 2.28. The van der Waals surface area contributed by atoms with Crippen LogP contribution in [0, 0.1) is 11.8 Å². The van der Waals surface area contributed by atoms with Crippen LogP contribution >= 0.6 is 0 Å². The SMILES string of the molecule is COC(C)(C)CCC1CC(C)CCC1O. The molecular weight excluding hydrogens is 188 g/mol. The zero-order valence-corrected chi connectivity index (χ0v) is 10.6. The van der Waals surface area contributed by atoms with Gasteiger partial charge in [-0.2, -0.15) is 0 Å². The third-order valence-corrected chi connectivity index (χ3v) is 3.87. The Kier molecular flexibility index (Phi) is 4.60. The molecule has 1 fully saturated rings. The molecule has 1 rings (SSSR count). The number of aliphatic hydroxyl groups excluding tert-OH is 1. The molecule has 0 aromatic carbocycles. The molecule has 0 radical (unpaired) electrons. The molecular formula is C13H26O2. The number of hydrogen-bond donors (Lipinski definition) is 1. The lowest BCUT2D eigenvalue weighted by Gasteiger charge is -2.33. The van der Waals surface area contributed by atoms with E-state index in [1.54, 1.807) is 7.11 Å². The van der Waals surface area contributed by atoms with Crippen molar-refractivity contribution in [1.29, 1.82) is 0 Å². The van der Waals surface area contributed by atoms with E-state index in [0.29, 0.717) is 5.92 Å². The topological polar surface area (TPSA) is 29.5 Å². The molecule has 0 saturated heterocycles. The van der Waals surface area contributed by atoms with E-state index in [0.717, 1.165) is 25.2 Å². The summed E-state index contributed by atoms with van der Waals surface area (Å²) in [5, 5.41) is 9.92. The molecule has 0 spiro atoms. The standard InChI is InChI=1S/C13H26O2/c1-10-5-6-12(14)11(9-10)7-8-13(2,3)15-4/h10-12,14H,5-9H2,1-4H3. The highest BCUT2D eigenvalue weighted by molar-refractivity contribution is 4.80. The summed E-state index contributed by atoms with van der Waals surface area (Å²) in [6.45, 7) is 6.53. The Morgan fingerprint density at radius 1 is 1.33 bits per heavy atom. The van der Waals surface area contributed by atoms with Crippen molar-refractivity contribution in [2.24, 2.45) is 11.8 Å². The Balaban J connectivity index is 2.36. The van der Waals surface area contributed by atoms with Crippen molar-refractivity contribution >= 4 is 0 Å². The van der Waals surface area contributed by atoms with Gasteiger partial charge in [-0.3, -0.25) is 0 Å². The first-order valence-corrected chi connectivity index (χ1v) is 6.18. The number of hydrogen-bond acceptors (Lipinski definition) is 2. The summed E-state index contributed by atoms with van der Waals surface area (Å²) in [5.41, 5.74) is -0.0413. The Labute approximate surface area is 94.0 Å². The van der Waals surface area contributed by atoms with Crippen LogP contribution in [-0.2, 0) is 4.74 Å². The largest absolute Gasteiger partial charge is 0.393 e. The van der Waals surface area contributed by atoms with E-state index in [1.165, 1.54) is 12.8 Å². The van der Waals surface area contributed by atoms with E-state index >= 15 is 0 Å². The van der Waals surface area contributed by atoms with Gasteiger partial charge >= 0.3 is 0 Å². The summed E-state index contributed by atoms with van der Waals surface area (Å²) in [5.74, 6) is 1.27. The van der Waals surface area contributed by atoms with Gasteiger partial charge in [0.05, 0.1) is 11.7 Å². The first-order valence-electron chi connectivity index (χ1n) is 6.18. The molecule has 1 saturated carbocycles. The maximum atomic E-state index is 9.92. The van der Waals surface area contributed by atoms with E-state index < -0.39 is 0 Å². The number of rotatable bonds is 4. The van der Waals surface area contributed by atoms with E-state index in [4.69, 9.17) is 4.74 Å². The van der Waals surface area contributed by atoms with E-state index in [2.05, 4.69) is 20.8 Å². The molecule has 0 aromatic heterocycles. The Morgan fingerprint density at radius 2 is 2.00 bits per heavy atom. The summed E-state index contributed by atoms with van der Waals surface area (Å²) < 4.78 is 5.41. The smallest absolute Gasteiger partial charge is 0.0622 e. The van der Waals surface area contributed by atoms with Gasteiger partial charge in [-0.05, 0) is 57.8 Å². The summed E-state index contributed by atoms with van der Waals surface area (Å²) in [6, 6.07) is 0. The molecule has 3 atom stereocenters. The minimum Gasteiger partial charge on any atom is -0.393 e. The van der Waals surface area contributed by atoms with Gasteiger partial charge in [-0.25, -0.2) is 0 Å². The van der Waals surface area contributed by atoms with Crippen LogP contribution in [0.5, 0.6) is 0 Å². The minimum absolute atomic E-state index is 0.0413. The van der Waals surface area contributed by atoms with Crippen LogP contribution in [-0.4, -0.2) is 23.9 Å². The third kappa shape index (κ3) is 4.12. The molecule has 0 aliphatic heterocycles. The normalized spacial score (nSPS) is 33.0. The maximum Gasteiger partial charge on any atom is 0.0622 e. The van der Waals surface area contributed by atoms with Crippen LogP contribution in [0.3, 0.4) is 0 Å². The van der Waals surface area contributed by atoms with Crippen molar-refractivity contribution < 1.29 is 9.84 Å². The van der Waals surface area contributed by atoms with Gasteiger partial charge in [-0.1, -0.05) is 6.92 Å². The van der Waals surface area contributed by atoms with Gasteiger partial charge < -0.3 is 9.84 Å². The first-order chi connectivity index (χ1) is 6.94. The molecule has 2 nitrogen and oxygen atoms in total. The van der Waals surface area contributed by atoms with Crippen LogP contribution in [0.25, 0.3) is 0 Å². The van der Waals surface area contributed by atoms with Gasteiger partial charge in [-0.15, -0.1) is 0 Å². The average Bonchev–Trinajstić information content (AvgIpc) is 2.20. The van der Waals surface area contributed by atoms with Crippen molar-refractivity contribution in [3.63, 3.8) is 0 Å². The lowest BCUT2D eigenvalue weighted by atomic mass is 9.77. The van der Waals surface area contributed by atoms with Gasteiger partial charge in [0.15, 0.2) is 0 Å². The van der Waals surface area contributed by atoms with Gasteiger partial charge in [0.2, 0.25) is 0 Å². The van der Waals surface area contributed by atoms with Crippen LogP contribution in [0.1, 0.15) is 52.9 Å². The lowest BCUT2D eigenvalue weighted by Crippen LogP contribution is -2.31. The Bertz CT molecular complexity index is 189. The van der Waals surface area contributed by atoms with Crippen LogP contribution < -0.4 is 0 Å². The summed E-state index contributed by atoms with van der Waals surface area (Å²) >= 11 is 0. The minimum atomic E-state index is -0.0751. The molecule has 0 aromatic rings. The summed E-state index contributed by atoms with van der Waals surface area (Å²) in [6.07, 6.45) is 5.41. The van der Waals surface area contributed by atoms with E-state index in [-0.39, 0.29) is 11.7 Å². The molecule has 0 bridgehead atoms. The second kappa shape index (κ2) is 5.31. The summed E-state index contributed by atoms with van der Waals surface area (Å²) in [4.78, 5) is 0. The molecule has 15 heavy (non-hydrogen) atoms. The average molecular weight is 214 g/mol. The van der Waals surface area contributed by atoms with Crippen molar-refractivity contribution in [1.82, 2.24) is 0 Å². The van der Waals surface area contributed by atoms with Crippen molar-refractivity contribution in [3.05, 3.63) is 0 Å². The molecule has 1 N–H and O–H groups in total. The second-order valence-corrected chi connectivity index (χ2v) is 5.75. The van der Waals surface area contributed by atoms with E-state index in [1.807, 2.05) is 0 Å². The fraction of sp³-hybridized carbons (Fsp3) is 1.00. The van der Waals surface area contributed by atoms with Crippen LogP contribution in [0.2, 0.25) is 0 Å². The number of methoxy groups -OCH3 is 1. The fourth-order valence-corrected chi connectivity index (χ4v) is 2.43. The molecule has 0 heterocycles. The highest BCUT2D eigenvalue weighted by Crippen LogP contribution is 2.33. The predicted molar refractivity (Wildman–Crippen MR) is 62.8 cm³/mol. The second-order valence-electron chi connectivity index (χ2n) is 5.75. The van der Waals surface area contributed by atoms with Crippen molar-refractivity contribution in [2.75, 3.05) is 7.11 Å². The number of ether oxygens (including phenoxy) is 1. The molecule has 2 heteroatoms. The van der Waals surface area contributed by atoms with E-state index in [9.17, 15) is 5.11 Å². The molecule has 1 aliphatic rings. The highest BCUT2D eigenvalue weighted by atomic mass is 16.5. The van der Waals surface area contributed by atoms with Crippen LogP contribution in [0.4, 0.5) is 0 Å². The van der Waals surface area contributed by atoms with Crippen molar-refractivity contribution in [3.8, 4) is 0 Å². The van der Waals surface area contributed by atoms with Gasteiger partial charge in [0.1, 0.15) is 0 Å². The maximum absolute atomic E-state index is 9.92. The monoisotopic (exact) mass is 214 g/mol. The third-order valence-electron chi connectivity index (χ3n) is 3.87. The Hall–Kier alpha value is -0.0800. The quantitative estimate of drug-likeness (QED) is 0.779. The lowest BCUT2D eigenvalue weighted by molar-refractivity contribution is -0.00749.